The summed E-state index contributed by atoms with van der Waals surface area (Å²) in [5.74, 6) is 0.690. The second-order valence-corrected chi connectivity index (χ2v) is 8.39. The average molecular weight is 290 g/mol. The van der Waals surface area contributed by atoms with Crippen molar-refractivity contribution < 1.29 is 8.42 Å². The molecule has 2 nitrogen and oxygen atoms in total. The molecule has 2 bridgehead atoms. The standard InChI is InChI=1S/C17H22O2S/c1-3-11-17(13(2)14-9-10-15(17)12-14)20(18,19)16-7-5-4-6-8-16/h4-8,14-15H,2-3,9-12H2,1H3/t14-,15+,17-/m0/s1. The topological polar surface area (TPSA) is 34.1 Å². The minimum absolute atomic E-state index is 0.269. The predicted octanol–water partition coefficient (Wildman–Crippen LogP) is 3.99. The van der Waals surface area contributed by atoms with Crippen LogP contribution in [0.1, 0.15) is 39.0 Å². The number of fused-ring (bicyclic) bond motifs is 2. The first-order valence-corrected chi connectivity index (χ1v) is 9.01. The lowest BCUT2D eigenvalue weighted by molar-refractivity contribution is 0.391. The highest BCUT2D eigenvalue weighted by atomic mass is 32.2. The van der Waals surface area contributed by atoms with Gasteiger partial charge in [0.15, 0.2) is 9.84 Å². The van der Waals surface area contributed by atoms with Crippen molar-refractivity contribution in [3.63, 3.8) is 0 Å². The van der Waals surface area contributed by atoms with Crippen LogP contribution in [0.3, 0.4) is 0 Å². The Balaban J connectivity index is 2.15. The summed E-state index contributed by atoms with van der Waals surface area (Å²) in [7, 11) is -3.34. The number of rotatable bonds is 4. The molecule has 3 rings (SSSR count). The van der Waals surface area contributed by atoms with Crippen LogP contribution in [0.2, 0.25) is 0 Å². The maximum absolute atomic E-state index is 13.3. The Labute approximate surface area is 121 Å². The molecule has 3 heteroatoms. The van der Waals surface area contributed by atoms with Crippen molar-refractivity contribution in [2.24, 2.45) is 11.8 Å². The fourth-order valence-electron chi connectivity index (χ4n) is 4.40. The van der Waals surface area contributed by atoms with Gasteiger partial charge in [0.2, 0.25) is 0 Å². The molecule has 0 aliphatic heterocycles. The highest BCUT2D eigenvalue weighted by Gasteiger charge is 2.60. The lowest BCUT2D eigenvalue weighted by Crippen LogP contribution is -2.45. The Kier molecular flexibility index (Phi) is 3.28. The van der Waals surface area contributed by atoms with Crippen LogP contribution < -0.4 is 0 Å². The molecule has 0 radical (unpaired) electrons. The molecule has 0 heterocycles. The van der Waals surface area contributed by atoms with Gasteiger partial charge in [-0.15, -0.1) is 0 Å². The van der Waals surface area contributed by atoms with E-state index in [-0.39, 0.29) is 5.92 Å². The fourth-order valence-corrected chi connectivity index (χ4v) is 6.98. The summed E-state index contributed by atoms with van der Waals surface area (Å²) in [6.07, 6.45) is 4.78. The van der Waals surface area contributed by atoms with E-state index in [4.69, 9.17) is 0 Å². The Morgan fingerprint density at radius 1 is 1.25 bits per heavy atom. The van der Waals surface area contributed by atoms with E-state index in [0.717, 1.165) is 31.3 Å². The van der Waals surface area contributed by atoms with E-state index in [9.17, 15) is 8.42 Å². The second-order valence-electron chi connectivity index (χ2n) is 6.19. The van der Waals surface area contributed by atoms with Gasteiger partial charge in [0.1, 0.15) is 4.75 Å². The third-order valence-electron chi connectivity index (χ3n) is 5.28. The van der Waals surface area contributed by atoms with Crippen molar-refractivity contribution in [1.29, 1.82) is 0 Å². The lowest BCUT2D eigenvalue weighted by Gasteiger charge is -2.39. The van der Waals surface area contributed by atoms with Gasteiger partial charge in [0.05, 0.1) is 4.90 Å². The Morgan fingerprint density at radius 3 is 2.50 bits per heavy atom. The Bertz CT molecular complexity index is 618. The molecule has 0 saturated heterocycles. The monoisotopic (exact) mass is 290 g/mol. The summed E-state index contributed by atoms with van der Waals surface area (Å²) in [6.45, 7) is 6.29. The quantitative estimate of drug-likeness (QED) is 0.786. The van der Waals surface area contributed by atoms with Crippen LogP contribution in [-0.4, -0.2) is 13.2 Å². The van der Waals surface area contributed by atoms with Crippen LogP contribution in [0.5, 0.6) is 0 Å². The molecule has 1 aromatic rings. The van der Waals surface area contributed by atoms with E-state index >= 15 is 0 Å². The van der Waals surface area contributed by atoms with Gasteiger partial charge in [-0.2, -0.15) is 0 Å². The normalized spacial score (nSPS) is 32.8. The van der Waals surface area contributed by atoms with Crippen molar-refractivity contribution in [3.05, 3.63) is 42.5 Å². The number of benzene rings is 1. The fraction of sp³-hybridized carbons (Fsp3) is 0.529. The number of hydrogen-bond donors (Lipinski definition) is 0. The lowest BCUT2D eigenvalue weighted by atomic mass is 9.81. The molecule has 20 heavy (non-hydrogen) atoms. The van der Waals surface area contributed by atoms with Gasteiger partial charge in [0.25, 0.3) is 0 Å². The highest BCUT2D eigenvalue weighted by molar-refractivity contribution is 7.93. The molecule has 3 atom stereocenters. The maximum atomic E-state index is 13.3. The minimum atomic E-state index is -3.34. The summed E-state index contributed by atoms with van der Waals surface area (Å²) in [4.78, 5) is 0.460. The zero-order valence-electron chi connectivity index (χ0n) is 12.0. The third-order valence-corrected chi connectivity index (χ3v) is 7.93. The van der Waals surface area contributed by atoms with Gasteiger partial charge in [-0.1, -0.05) is 43.7 Å². The van der Waals surface area contributed by atoms with E-state index in [2.05, 4.69) is 13.5 Å². The molecule has 108 valence electrons. The first kappa shape index (κ1) is 13.9. The van der Waals surface area contributed by atoms with E-state index in [1.807, 2.05) is 18.2 Å². The molecule has 2 fully saturated rings. The van der Waals surface area contributed by atoms with Gasteiger partial charge in [-0.3, -0.25) is 0 Å². The van der Waals surface area contributed by atoms with E-state index in [1.165, 1.54) is 0 Å². The van der Waals surface area contributed by atoms with Gasteiger partial charge in [0, 0.05) is 0 Å². The summed E-state index contributed by atoms with van der Waals surface area (Å²) < 4.78 is 25.9. The van der Waals surface area contributed by atoms with Crippen LogP contribution in [0, 0.1) is 11.8 Å². The van der Waals surface area contributed by atoms with E-state index < -0.39 is 14.6 Å². The van der Waals surface area contributed by atoms with Crippen molar-refractivity contribution in [3.8, 4) is 0 Å². The van der Waals surface area contributed by atoms with Crippen molar-refractivity contribution in [1.82, 2.24) is 0 Å². The van der Waals surface area contributed by atoms with Crippen LogP contribution in [0.25, 0.3) is 0 Å². The molecule has 0 amide bonds. The molecule has 0 spiro atoms. The first-order valence-electron chi connectivity index (χ1n) is 7.53. The summed E-state index contributed by atoms with van der Waals surface area (Å²) in [5.41, 5.74) is 0.986. The molecule has 2 saturated carbocycles. The van der Waals surface area contributed by atoms with Crippen LogP contribution in [-0.2, 0) is 9.84 Å². The summed E-state index contributed by atoms with van der Waals surface area (Å²) >= 11 is 0. The molecular formula is C17H22O2S. The molecule has 2 aliphatic carbocycles. The zero-order valence-corrected chi connectivity index (χ0v) is 12.8. The Morgan fingerprint density at radius 2 is 1.95 bits per heavy atom. The maximum Gasteiger partial charge on any atom is 0.188 e. The SMILES string of the molecule is C=C1[C@H]2CC[C@H](C2)[C@@]1(CCC)S(=O)(=O)c1ccccc1. The third kappa shape index (κ3) is 1.65. The van der Waals surface area contributed by atoms with Crippen molar-refractivity contribution >= 4 is 9.84 Å². The smallest absolute Gasteiger partial charge is 0.188 e. The van der Waals surface area contributed by atoms with Gasteiger partial charge >= 0.3 is 0 Å². The molecule has 1 aromatic carbocycles. The van der Waals surface area contributed by atoms with E-state index in [0.29, 0.717) is 17.2 Å². The molecule has 0 unspecified atom stereocenters. The van der Waals surface area contributed by atoms with Crippen molar-refractivity contribution in [2.75, 3.05) is 0 Å². The molecule has 0 N–H and O–H groups in total. The highest BCUT2D eigenvalue weighted by Crippen LogP contribution is 2.60. The molecule has 0 aromatic heterocycles. The molecular weight excluding hydrogens is 268 g/mol. The van der Waals surface area contributed by atoms with Crippen LogP contribution in [0.4, 0.5) is 0 Å². The van der Waals surface area contributed by atoms with Crippen molar-refractivity contribution in [2.45, 2.75) is 48.7 Å². The number of sulfone groups is 1. The van der Waals surface area contributed by atoms with Crippen LogP contribution >= 0.6 is 0 Å². The zero-order chi connectivity index (χ0) is 14.4. The summed E-state index contributed by atoms with van der Waals surface area (Å²) in [5, 5.41) is 0. The molecule has 2 aliphatic rings. The van der Waals surface area contributed by atoms with Gasteiger partial charge < -0.3 is 0 Å². The largest absolute Gasteiger partial charge is 0.223 e. The van der Waals surface area contributed by atoms with E-state index in [1.54, 1.807) is 12.1 Å². The second kappa shape index (κ2) is 4.73. The number of hydrogen-bond acceptors (Lipinski definition) is 2. The average Bonchev–Trinajstić information content (AvgIpc) is 3.03. The Hall–Kier alpha value is -1.09. The van der Waals surface area contributed by atoms with Gasteiger partial charge in [-0.05, 0) is 49.7 Å². The van der Waals surface area contributed by atoms with Crippen LogP contribution in [0.15, 0.2) is 47.4 Å². The predicted molar refractivity (Wildman–Crippen MR) is 81.2 cm³/mol. The minimum Gasteiger partial charge on any atom is -0.223 e. The van der Waals surface area contributed by atoms with Gasteiger partial charge in [-0.25, -0.2) is 8.42 Å². The summed E-state index contributed by atoms with van der Waals surface area (Å²) in [6, 6.07) is 8.93. The first-order chi connectivity index (χ1) is 9.54.